The van der Waals surface area contributed by atoms with Crippen LogP contribution in [0.1, 0.15) is 18.6 Å². The smallest absolute Gasteiger partial charge is 0.108 e. The van der Waals surface area contributed by atoms with Crippen molar-refractivity contribution in [2.45, 2.75) is 32.9 Å². The summed E-state index contributed by atoms with van der Waals surface area (Å²) in [5, 5.41) is 4.24. The van der Waals surface area contributed by atoms with Gasteiger partial charge in [-0.25, -0.2) is 9.97 Å². The maximum Gasteiger partial charge on any atom is 0.108 e. The number of hydrogen-bond donors (Lipinski definition) is 2. The van der Waals surface area contributed by atoms with E-state index in [9.17, 15) is 0 Å². The Bertz CT molecular complexity index is 761. The molecule has 0 aliphatic rings. The zero-order valence-corrected chi connectivity index (χ0v) is 13.6. The molecule has 3 rings (SSSR count). The van der Waals surface area contributed by atoms with Gasteiger partial charge in [0.25, 0.3) is 0 Å². The first kappa shape index (κ1) is 15.1. The van der Waals surface area contributed by atoms with Crippen molar-refractivity contribution in [2.75, 3.05) is 6.54 Å². The summed E-state index contributed by atoms with van der Waals surface area (Å²) in [7, 11) is 0. The highest BCUT2D eigenvalue weighted by atomic mass is 35.5. The van der Waals surface area contributed by atoms with Crippen LogP contribution in [0.15, 0.2) is 30.6 Å². The lowest BCUT2D eigenvalue weighted by atomic mass is 10.3. The second kappa shape index (κ2) is 6.50. The minimum Gasteiger partial charge on any atom is -0.342 e. The minimum atomic E-state index is 0.381. The fourth-order valence-electron chi connectivity index (χ4n) is 2.55. The minimum absolute atomic E-state index is 0.381. The summed E-state index contributed by atoms with van der Waals surface area (Å²) >= 11 is 5.99. The van der Waals surface area contributed by atoms with Gasteiger partial charge in [-0.2, -0.15) is 0 Å². The van der Waals surface area contributed by atoms with Crippen LogP contribution in [0.25, 0.3) is 11.0 Å². The molecule has 0 spiro atoms. The van der Waals surface area contributed by atoms with Gasteiger partial charge in [0, 0.05) is 43.0 Å². The average Bonchev–Trinajstić information content (AvgIpc) is 3.05. The van der Waals surface area contributed by atoms with Crippen molar-refractivity contribution in [3.05, 3.63) is 47.3 Å². The van der Waals surface area contributed by atoms with Crippen LogP contribution in [0.2, 0.25) is 5.02 Å². The van der Waals surface area contributed by atoms with E-state index >= 15 is 0 Å². The number of fused-ring (bicyclic) bond motifs is 1. The first-order valence-corrected chi connectivity index (χ1v) is 7.85. The average molecular weight is 318 g/mol. The first-order valence-electron chi connectivity index (χ1n) is 7.47. The van der Waals surface area contributed by atoms with Crippen LogP contribution >= 0.6 is 11.6 Å². The fraction of sp³-hybridized carbons (Fsp3) is 0.375. The molecule has 2 aromatic heterocycles. The van der Waals surface area contributed by atoms with E-state index in [1.165, 1.54) is 0 Å². The lowest BCUT2D eigenvalue weighted by Crippen LogP contribution is -2.32. The second-order valence-electron chi connectivity index (χ2n) is 5.58. The van der Waals surface area contributed by atoms with E-state index in [0.29, 0.717) is 6.04 Å². The molecule has 22 heavy (non-hydrogen) atoms. The Kier molecular flexibility index (Phi) is 4.45. The van der Waals surface area contributed by atoms with Crippen LogP contribution < -0.4 is 5.32 Å². The first-order chi connectivity index (χ1) is 10.6. The van der Waals surface area contributed by atoms with Crippen molar-refractivity contribution < 1.29 is 0 Å². The van der Waals surface area contributed by atoms with Crippen molar-refractivity contribution in [3.63, 3.8) is 0 Å². The SMILES string of the molecule is Cc1nccn1C[C@H](C)NCCc1nc2ccc(Cl)cc2[nH]1. The van der Waals surface area contributed by atoms with Gasteiger partial charge in [0.15, 0.2) is 0 Å². The number of aryl methyl sites for hydroxylation is 1. The third-order valence-corrected chi connectivity index (χ3v) is 3.98. The molecule has 1 aromatic carbocycles. The summed E-state index contributed by atoms with van der Waals surface area (Å²) in [5.41, 5.74) is 1.95. The molecular formula is C16H20ClN5. The van der Waals surface area contributed by atoms with Crippen LogP contribution in [0.5, 0.6) is 0 Å². The van der Waals surface area contributed by atoms with E-state index in [4.69, 9.17) is 11.6 Å². The Morgan fingerprint density at radius 1 is 1.41 bits per heavy atom. The molecule has 0 fully saturated rings. The van der Waals surface area contributed by atoms with Crippen molar-refractivity contribution in [1.29, 1.82) is 0 Å². The van der Waals surface area contributed by atoms with Crippen LogP contribution in [0, 0.1) is 6.92 Å². The molecule has 0 amide bonds. The van der Waals surface area contributed by atoms with Crippen molar-refractivity contribution >= 4 is 22.6 Å². The number of H-pyrrole nitrogens is 1. The van der Waals surface area contributed by atoms with Gasteiger partial charge in [0.1, 0.15) is 11.6 Å². The summed E-state index contributed by atoms with van der Waals surface area (Å²) in [5.74, 6) is 2.03. The maximum atomic E-state index is 5.99. The number of imidazole rings is 2. The number of aromatic amines is 1. The molecule has 2 heterocycles. The van der Waals surface area contributed by atoms with E-state index in [1.807, 2.05) is 37.5 Å². The molecule has 0 aliphatic heterocycles. The Morgan fingerprint density at radius 2 is 2.27 bits per heavy atom. The molecule has 1 atom stereocenters. The number of aromatic nitrogens is 4. The molecule has 0 unspecified atom stereocenters. The molecule has 0 aliphatic carbocycles. The van der Waals surface area contributed by atoms with Crippen molar-refractivity contribution in [1.82, 2.24) is 24.8 Å². The molecule has 3 aromatic rings. The topological polar surface area (TPSA) is 58.5 Å². The Morgan fingerprint density at radius 3 is 3.05 bits per heavy atom. The lowest BCUT2D eigenvalue weighted by molar-refractivity contribution is 0.472. The third-order valence-electron chi connectivity index (χ3n) is 3.74. The van der Waals surface area contributed by atoms with E-state index in [0.717, 1.165) is 47.2 Å². The number of nitrogens with zero attached hydrogens (tertiary/aromatic N) is 3. The van der Waals surface area contributed by atoms with Crippen LogP contribution in [-0.4, -0.2) is 32.1 Å². The van der Waals surface area contributed by atoms with Gasteiger partial charge in [-0.1, -0.05) is 11.6 Å². The molecule has 0 bridgehead atoms. The Balaban J connectivity index is 1.52. The predicted octanol–water partition coefficient (Wildman–Crippen LogP) is 2.94. The number of halogens is 1. The zero-order valence-electron chi connectivity index (χ0n) is 12.8. The maximum absolute atomic E-state index is 5.99. The van der Waals surface area contributed by atoms with E-state index in [1.54, 1.807) is 0 Å². The molecule has 116 valence electrons. The summed E-state index contributed by atoms with van der Waals surface area (Å²) in [6.45, 7) is 5.99. The molecule has 0 saturated heterocycles. The van der Waals surface area contributed by atoms with Gasteiger partial charge < -0.3 is 14.9 Å². The van der Waals surface area contributed by atoms with Gasteiger partial charge in [-0.05, 0) is 32.0 Å². The standard InChI is InChI=1S/C16H20ClN5/c1-11(10-22-8-7-19-12(22)2)18-6-5-16-20-14-4-3-13(17)9-15(14)21-16/h3-4,7-9,11,18H,5-6,10H2,1-2H3,(H,20,21)/t11-/m0/s1. The van der Waals surface area contributed by atoms with Crippen molar-refractivity contribution in [3.8, 4) is 0 Å². The molecule has 5 nitrogen and oxygen atoms in total. The highest BCUT2D eigenvalue weighted by Gasteiger charge is 2.06. The monoisotopic (exact) mass is 317 g/mol. The largest absolute Gasteiger partial charge is 0.342 e. The van der Waals surface area contributed by atoms with Crippen molar-refractivity contribution in [2.24, 2.45) is 0 Å². The van der Waals surface area contributed by atoms with Gasteiger partial charge in [-0.3, -0.25) is 0 Å². The van der Waals surface area contributed by atoms with Crippen LogP contribution in [-0.2, 0) is 13.0 Å². The highest BCUT2D eigenvalue weighted by molar-refractivity contribution is 6.31. The normalized spacial score (nSPS) is 12.9. The quantitative estimate of drug-likeness (QED) is 0.735. The summed E-state index contributed by atoms with van der Waals surface area (Å²) in [4.78, 5) is 12.1. The summed E-state index contributed by atoms with van der Waals surface area (Å²) in [6.07, 6.45) is 4.71. The van der Waals surface area contributed by atoms with Gasteiger partial charge in [-0.15, -0.1) is 0 Å². The zero-order chi connectivity index (χ0) is 15.5. The van der Waals surface area contributed by atoms with E-state index in [2.05, 4.69) is 31.8 Å². The van der Waals surface area contributed by atoms with E-state index in [-0.39, 0.29) is 0 Å². The molecule has 0 radical (unpaired) electrons. The summed E-state index contributed by atoms with van der Waals surface area (Å²) in [6, 6.07) is 6.09. The number of benzene rings is 1. The van der Waals surface area contributed by atoms with Gasteiger partial charge in [0.05, 0.1) is 11.0 Å². The lowest BCUT2D eigenvalue weighted by Gasteiger charge is -2.14. The Labute approximate surface area is 134 Å². The third kappa shape index (κ3) is 3.48. The molecule has 6 heteroatoms. The molecular weight excluding hydrogens is 298 g/mol. The van der Waals surface area contributed by atoms with E-state index < -0.39 is 0 Å². The Hall–Kier alpha value is -1.85. The number of rotatable bonds is 6. The van der Waals surface area contributed by atoms with Gasteiger partial charge in [0.2, 0.25) is 0 Å². The fourth-order valence-corrected chi connectivity index (χ4v) is 2.72. The molecule has 2 N–H and O–H groups in total. The summed E-state index contributed by atoms with van der Waals surface area (Å²) < 4.78 is 2.15. The highest BCUT2D eigenvalue weighted by Crippen LogP contribution is 2.17. The van der Waals surface area contributed by atoms with Crippen LogP contribution in [0.4, 0.5) is 0 Å². The second-order valence-corrected chi connectivity index (χ2v) is 6.01. The molecule has 0 saturated carbocycles. The number of hydrogen-bond acceptors (Lipinski definition) is 3. The number of nitrogens with one attached hydrogen (secondary N) is 2. The van der Waals surface area contributed by atoms with Crippen LogP contribution in [0.3, 0.4) is 0 Å². The van der Waals surface area contributed by atoms with Gasteiger partial charge >= 0.3 is 0 Å². The predicted molar refractivity (Wildman–Crippen MR) is 89.2 cm³/mol.